The smallest absolute Gasteiger partial charge is 0.258 e. The van der Waals surface area contributed by atoms with Gasteiger partial charge in [0.25, 0.3) is 5.89 Å². The van der Waals surface area contributed by atoms with Crippen molar-refractivity contribution in [3.05, 3.63) is 42.7 Å². The van der Waals surface area contributed by atoms with E-state index in [1.165, 1.54) is 10.5 Å². The molecule has 0 aliphatic carbocycles. The number of aromatic nitrogens is 5. The molecule has 3 aromatic heterocycles. The van der Waals surface area contributed by atoms with Crippen molar-refractivity contribution >= 4 is 10.0 Å². The molecule has 0 spiro atoms. The molecule has 4 rings (SSSR count). The molecule has 0 radical (unpaired) electrons. The van der Waals surface area contributed by atoms with E-state index in [9.17, 15) is 8.42 Å². The number of hydrogen-bond donors (Lipinski definition) is 0. The van der Waals surface area contributed by atoms with E-state index >= 15 is 0 Å². The van der Waals surface area contributed by atoms with Gasteiger partial charge in [-0.2, -0.15) is 14.4 Å². The summed E-state index contributed by atoms with van der Waals surface area (Å²) in [7, 11) is -3.56. The molecule has 1 fully saturated rings. The van der Waals surface area contributed by atoms with Gasteiger partial charge in [-0.05, 0) is 25.5 Å². The molecule has 3 aromatic rings. The summed E-state index contributed by atoms with van der Waals surface area (Å²) in [6.45, 7) is 3.28. The molecule has 0 amide bonds. The molecule has 0 bridgehead atoms. The van der Waals surface area contributed by atoms with Crippen molar-refractivity contribution in [1.29, 1.82) is 0 Å². The Labute approximate surface area is 150 Å². The monoisotopic (exact) mass is 374 g/mol. The summed E-state index contributed by atoms with van der Waals surface area (Å²) < 4.78 is 33.9. The summed E-state index contributed by atoms with van der Waals surface area (Å²) in [5.41, 5.74) is 0.785. The summed E-state index contributed by atoms with van der Waals surface area (Å²) in [5, 5.41) is 8.09. The Kier molecular flexibility index (Phi) is 4.29. The molecular weight excluding hydrogens is 356 g/mol. The maximum atomic E-state index is 12.8. The fourth-order valence-corrected chi connectivity index (χ4v) is 4.42. The molecule has 1 saturated heterocycles. The average molecular weight is 374 g/mol. The van der Waals surface area contributed by atoms with E-state index in [1.807, 2.05) is 6.92 Å². The van der Waals surface area contributed by atoms with Crippen LogP contribution in [0.5, 0.6) is 0 Å². The molecule has 26 heavy (non-hydrogen) atoms. The number of pyridine rings is 1. The average Bonchev–Trinajstić information content (AvgIpc) is 3.42. The number of rotatable bonds is 5. The second-order valence-electron chi connectivity index (χ2n) is 6.07. The van der Waals surface area contributed by atoms with Crippen LogP contribution < -0.4 is 0 Å². The zero-order valence-electron chi connectivity index (χ0n) is 14.2. The minimum Gasteiger partial charge on any atom is -0.334 e. The standard InChI is InChI=1S/C16H18N6O3S/c1-2-21-11-14(9-18-21)26(23,24)22-8-5-13(10-22)15-19-16(25-20-15)12-3-6-17-7-4-12/h3-4,6-7,9,11,13H,2,5,8,10H2,1H3. The van der Waals surface area contributed by atoms with Gasteiger partial charge < -0.3 is 4.52 Å². The van der Waals surface area contributed by atoms with Crippen LogP contribution in [0.1, 0.15) is 25.1 Å². The zero-order valence-corrected chi connectivity index (χ0v) is 15.0. The summed E-state index contributed by atoms with van der Waals surface area (Å²) in [6.07, 6.45) is 6.90. The summed E-state index contributed by atoms with van der Waals surface area (Å²) in [5.74, 6) is 0.844. The second-order valence-corrected chi connectivity index (χ2v) is 8.01. The van der Waals surface area contributed by atoms with E-state index in [0.29, 0.717) is 37.8 Å². The molecule has 0 aromatic carbocycles. The summed E-state index contributed by atoms with van der Waals surface area (Å²) in [6, 6.07) is 3.57. The highest BCUT2D eigenvalue weighted by molar-refractivity contribution is 7.89. The van der Waals surface area contributed by atoms with Gasteiger partial charge in [0.1, 0.15) is 4.90 Å². The van der Waals surface area contributed by atoms with Gasteiger partial charge in [0.2, 0.25) is 10.0 Å². The predicted octanol–water partition coefficient (Wildman–Crippen LogP) is 1.53. The quantitative estimate of drug-likeness (QED) is 0.666. The minimum atomic E-state index is -3.56. The Morgan fingerprint density at radius 1 is 1.31 bits per heavy atom. The molecule has 0 saturated carbocycles. The van der Waals surface area contributed by atoms with Crippen LogP contribution in [0.4, 0.5) is 0 Å². The molecule has 1 unspecified atom stereocenters. The fourth-order valence-electron chi connectivity index (χ4n) is 2.97. The van der Waals surface area contributed by atoms with Crippen molar-refractivity contribution in [2.24, 2.45) is 0 Å². The Morgan fingerprint density at radius 3 is 2.85 bits per heavy atom. The third kappa shape index (κ3) is 3.01. The van der Waals surface area contributed by atoms with Crippen molar-refractivity contribution in [2.45, 2.75) is 30.7 Å². The molecule has 0 N–H and O–H groups in total. The largest absolute Gasteiger partial charge is 0.334 e. The molecule has 1 aliphatic rings. The first-order valence-electron chi connectivity index (χ1n) is 8.34. The minimum absolute atomic E-state index is 0.0923. The van der Waals surface area contributed by atoms with Gasteiger partial charge in [-0.1, -0.05) is 5.16 Å². The van der Waals surface area contributed by atoms with Crippen LogP contribution in [0.2, 0.25) is 0 Å². The van der Waals surface area contributed by atoms with E-state index in [-0.39, 0.29) is 10.8 Å². The van der Waals surface area contributed by atoms with E-state index in [1.54, 1.807) is 35.4 Å². The lowest BCUT2D eigenvalue weighted by molar-refractivity contribution is 0.414. The van der Waals surface area contributed by atoms with Crippen LogP contribution in [0.25, 0.3) is 11.5 Å². The van der Waals surface area contributed by atoms with Crippen LogP contribution in [0.3, 0.4) is 0 Å². The highest BCUT2D eigenvalue weighted by Gasteiger charge is 2.36. The molecule has 9 nitrogen and oxygen atoms in total. The highest BCUT2D eigenvalue weighted by Crippen LogP contribution is 2.30. The van der Waals surface area contributed by atoms with E-state index < -0.39 is 10.0 Å². The maximum Gasteiger partial charge on any atom is 0.258 e. The highest BCUT2D eigenvalue weighted by atomic mass is 32.2. The fraction of sp³-hybridized carbons (Fsp3) is 0.375. The van der Waals surface area contributed by atoms with Crippen LogP contribution in [0.15, 0.2) is 46.3 Å². The van der Waals surface area contributed by atoms with Gasteiger partial charge in [-0.3, -0.25) is 9.67 Å². The lowest BCUT2D eigenvalue weighted by Crippen LogP contribution is -2.28. The van der Waals surface area contributed by atoms with E-state index in [4.69, 9.17) is 4.52 Å². The summed E-state index contributed by atoms with van der Waals surface area (Å²) >= 11 is 0. The zero-order chi connectivity index (χ0) is 18.1. The lowest BCUT2D eigenvalue weighted by Gasteiger charge is -2.14. The first-order chi connectivity index (χ1) is 12.6. The first-order valence-corrected chi connectivity index (χ1v) is 9.78. The SMILES string of the molecule is CCn1cc(S(=O)(=O)N2CCC(c3noc(-c4ccncc4)n3)C2)cn1. The Hall–Kier alpha value is -2.59. The van der Waals surface area contributed by atoms with Crippen LogP contribution in [-0.4, -0.2) is 50.7 Å². The Bertz CT molecular complexity index is 998. The van der Waals surface area contributed by atoms with Crippen molar-refractivity contribution in [1.82, 2.24) is 29.2 Å². The van der Waals surface area contributed by atoms with Crippen LogP contribution >= 0.6 is 0 Å². The third-order valence-corrected chi connectivity index (χ3v) is 6.27. The molecular formula is C16H18N6O3S. The van der Waals surface area contributed by atoms with Crippen molar-refractivity contribution in [3.63, 3.8) is 0 Å². The first kappa shape index (κ1) is 16.9. The number of aryl methyl sites for hydroxylation is 1. The van der Waals surface area contributed by atoms with Gasteiger partial charge in [0.05, 0.1) is 6.20 Å². The van der Waals surface area contributed by atoms with Gasteiger partial charge in [-0.25, -0.2) is 8.42 Å². The van der Waals surface area contributed by atoms with E-state index in [0.717, 1.165) is 5.56 Å². The second kappa shape index (κ2) is 6.61. The van der Waals surface area contributed by atoms with Gasteiger partial charge in [-0.15, -0.1) is 0 Å². The number of hydrogen-bond acceptors (Lipinski definition) is 7. The Balaban J connectivity index is 1.51. The van der Waals surface area contributed by atoms with Crippen molar-refractivity contribution in [2.75, 3.05) is 13.1 Å². The van der Waals surface area contributed by atoms with Crippen molar-refractivity contribution < 1.29 is 12.9 Å². The topological polar surface area (TPSA) is 107 Å². The van der Waals surface area contributed by atoms with Gasteiger partial charge in [0, 0.05) is 49.7 Å². The molecule has 136 valence electrons. The van der Waals surface area contributed by atoms with Crippen molar-refractivity contribution in [3.8, 4) is 11.5 Å². The Morgan fingerprint density at radius 2 is 2.12 bits per heavy atom. The number of nitrogens with zero attached hydrogens (tertiary/aromatic N) is 6. The summed E-state index contributed by atoms with van der Waals surface area (Å²) in [4.78, 5) is 8.60. The lowest BCUT2D eigenvalue weighted by atomic mass is 10.1. The molecule has 1 aliphatic heterocycles. The van der Waals surface area contributed by atoms with E-state index in [2.05, 4.69) is 20.2 Å². The molecule has 4 heterocycles. The van der Waals surface area contributed by atoms with Crippen LogP contribution in [0, 0.1) is 0 Å². The number of sulfonamides is 1. The van der Waals surface area contributed by atoms with Gasteiger partial charge in [0.15, 0.2) is 5.82 Å². The predicted molar refractivity (Wildman–Crippen MR) is 91.5 cm³/mol. The normalized spacial score (nSPS) is 18.4. The third-order valence-electron chi connectivity index (χ3n) is 4.46. The maximum absolute atomic E-state index is 12.8. The van der Waals surface area contributed by atoms with Crippen LogP contribution in [-0.2, 0) is 16.6 Å². The molecule has 1 atom stereocenters. The van der Waals surface area contributed by atoms with Gasteiger partial charge >= 0.3 is 0 Å². The molecule has 10 heteroatoms.